The molecule has 9 aromatic rings. The molecule has 0 atom stereocenters. The number of para-hydroxylation sites is 1. The predicted molar refractivity (Wildman–Crippen MR) is 178 cm³/mol. The molecule has 0 radical (unpaired) electrons. The van der Waals surface area contributed by atoms with Crippen molar-refractivity contribution in [2.45, 2.75) is 0 Å². The quantitative estimate of drug-likeness (QED) is 0.193. The van der Waals surface area contributed by atoms with E-state index in [9.17, 15) is 10.5 Å². The Morgan fingerprint density at radius 1 is 0.556 bits per heavy atom. The molecule has 0 saturated carbocycles. The number of hydrogen-bond acceptors (Lipinski definition) is 3. The molecule has 6 aromatic carbocycles. The van der Waals surface area contributed by atoms with E-state index < -0.39 is 0 Å². The van der Waals surface area contributed by atoms with Crippen molar-refractivity contribution in [3.8, 4) is 23.5 Å². The van der Waals surface area contributed by atoms with E-state index >= 15 is 0 Å². The third kappa shape index (κ3) is 3.41. The molecular weight excluding hydrogens is 554 g/mol. The summed E-state index contributed by atoms with van der Waals surface area (Å²) in [4.78, 5) is 3.71. The van der Waals surface area contributed by atoms with Gasteiger partial charge in [-0.2, -0.15) is 10.5 Å². The largest absolute Gasteiger partial charge is 0.454 e. The molecule has 3 heterocycles. The molecule has 6 heteroatoms. The molecule has 45 heavy (non-hydrogen) atoms. The van der Waals surface area contributed by atoms with Gasteiger partial charge in [-0.25, -0.2) is 4.85 Å². The fourth-order valence-corrected chi connectivity index (χ4v) is 6.82. The van der Waals surface area contributed by atoms with Crippen molar-refractivity contribution >= 4 is 71.2 Å². The van der Waals surface area contributed by atoms with Crippen molar-refractivity contribution in [3.05, 3.63) is 138 Å². The number of rotatable bonds is 2. The van der Waals surface area contributed by atoms with Crippen LogP contribution in [0.15, 0.2) is 120 Å². The summed E-state index contributed by atoms with van der Waals surface area (Å²) in [5.74, 6) is 0. The van der Waals surface area contributed by atoms with Crippen LogP contribution in [0.1, 0.15) is 11.1 Å². The zero-order valence-corrected chi connectivity index (χ0v) is 23.6. The zero-order chi connectivity index (χ0) is 30.2. The van der Waals surface area contributed by atoms with Gasteiger partial charge in [0.15, 0.2) is 11.3 Å². The van der Waals surface area contributed by atoms with Crippen LogP contribution in [0.3, 0.4) is 0 Å². The Bertz CT molecular complexity index is 2790. The smallest absolute Gasteiger partial charge is 0.188 e. The first-order chi connectivity index (χ1) is 22.2. The maximum absolute atomic E-state index is 9.63. The zero-order valence-electron chi connectivity index (χ0n) is 23.6. The third-order valence-electron chi connectivity index (χ3n) is 8.75. The summed E-state index contributed by atoms with van der Waals surface area (Å²) in [5.41, 5.74) is 9.02. The Morgan fingerprint density at radius 3 is 1.89 bits per heavy atom. The molecule has 0 aliphatic rings. The summed E-state index contributed by atoms with van der Waals surface area (Å²) in [6, 6.07) is 42.3. The van der Waals surface area contributed by atoms with E-state index in [0.717, 1.165) is 76.9 Å². The second-order valence-corrected chi connectivity index (χ2v) is 11.1. The molecule has 0 fully saturated rings. The molecule has 0 N–H and O–H groups in total. The lowest BCUT2D eigenvalue weighted by molar-refractivity contribution is 0.671. The number of hydrogen-bond donors (Lipinski definition) is 0. The summed E-state index contributed by atoms with van der Waals surface area (Å²) in [6.07, 6.45) is 0. The van der Waals surface area contributed by atoms with E-state index in [4.69, 9.17) is 11.0 Å². The van der Waals surface area contributed by atoms with Gasteiger partial charge < -0.3 is 13.6 Å². The van der Waals surface area contributed by atoms with E-state index in [1.807, 2.05) is 78.9 Å². The molecule has 0 aliphatic carbocycles. The van der Waals surface area contributed by atoms with Crippen molar-refractivity contribution in [3.63, 3.8) is 0 Å². The summed E-state index contributed by atoms with van der Waals surface area (Å²) in [5, 5.41) is 25.2. The van der Waals surface area contributed by atoms with Crippen LogP contribution in [-0.4, -0.2) is 9.13 Å². The van der Waals surface area contributed by atoms with E-state index in [1.165, 1.54) is 0 Å². The van der Waals surface area contributed by atoms with Crippen molar-refractivity contribution in [1.29, 1.82) is 10.5 Å². The fourth-order valence-electron chi connectivity index (χ4n) is 6.82. The number of nitriles is 2. The summed E-state index contributed by atoms with van der Waals surface area (Å²) >= 11 is 0. The summed E-state index contributed by atoms with van der Waals surface area (Å²) in [7, 11) is 0. The van der Waals surface area contributed by atoms with Crippen LogP contribution in [-0.2, 0) is 0 Å². The first-order valence-electron chi connectivity index (χ1n) is 14.4. The Hall–Kier alpha value is -6.81. The number of furan rings is 1. The Morgan fingerprint density at radius 2 is 1.18 bits per heavy atom. The van der Waals surface area contributed by atoms with Crippen LogP contribution < -0.4 is 0 Å². The minimum atomic E-state index is 0.566. The van der Waals surface area contributed by atoms with E-state index in [-0.39, 0.29) is 0 Å². The summed E-state index contributed by atoms with van der Waals surface area (Å²) in [6.45, 7) is 7.65. The molecule has 0 aliphatic heterocycles. The first-order valence-corrected chi connectivity index (χ1v) is 14.4. The predicted octanol–water partition coefficient (Wildman–Crippen LogP) is 10.1. The maximum atomic E-state index is 9.63. The maximum Gasteiger partial charge on any atom is 0.188 e. The average molecular weight is 574 g/mol. The number of benzene rings is 6. The van der Waals surface area contributed by atoms with Gasteiger partial charge in [-0.3, -0.25) is 0 Å². The topological polar surface area (TPSA) is 74.9 Å². The molecule has 0 bridgehead atoms. The Balaban J connectivity index is 1.38. The molecule has 0 saturated heterocycles. The van der Waals surface area contributed by atoms with Crippen LogP contribution in [0.5, 0.6) is 0 Å². The second kappa shape index (κ2) is 9.09. The van der Waals surface area contributed by atoms with E-state index in [0.29, 0.717) is 16.8 Å². The highest BCUT2D eigenvalue weighted by atomic mass is 16.3. The van der Waals surface area contributed by atoms with Gasteiger partial charge in [0.25, 0.3) is 0 Å². The van der Waals surface area contributed by atoms with Gasteiger partial charge in [0.05, 0.1) is 51.9 Å². The SMILES string of the molecule is [C-]#[N+]c1ccc2c(c1)c1ccc3c4ccccc4oc3c1n2-c1cccc(-n2c3ccc(C#N)cc3c3cc(C#N)ccc32)c1. The lowest BCUT2D eigenvalue weighted by atomic mass is 10.1. The molecular formula is C39H19N5O. The third-order valence-corrected chi connectivity index (χ3v) is 8.75. The number of nitrogens with zero attached hydrogens (tertiary/aromatic N) is 5. The lowest BCUT2D eigenvalue weighted by Gasteiger charge is -2.13. The van der Waals surface area contributed by atoms with Crippen molar-refractivity contribution in [2.75, 3.05) is 0 Å². The average Bonchev–Trinajstić information content (AvgIpc) is 3.75. The van der Waals surface area contributed by atoms with Gasteiger partial charge in [-0.05, 0) is 84.2 Å². The number of aromatic nitrogens is 2. The summed E-state index contributed by atoms with van der Waals surface area (Å²) < 4.78 is 10.9. The van der Waals surface area contributed by atoms with Crippen molar-refractivity contribution < 1.29 is 4.42 Å². The Kier molecular flexibility index (Phi) is 5.00. The van der Waals surface area contributed by atoms with Gasteiger partial charge in [-0.15, -0.1) is 0 Å². The van der Waals surface area contributed by atoms with Crippen molar-refractivity contribution in [1.82, 2.24) is 9.13 Å². The van der Waals surface area contributed by atoms with E-state index in [2.05, 4.69) is 62.5 Å². The first kappa shape index (κ1) is 24.8. The Labute approximate surface area is 256 Å². The van der Waals surface area contributed by atoms with Crippen LogP contribution in [0, 0.1) is 29.2 Å². The highest BCUT2D eigenvalue weighted by Gasteiger charge is 2.20. The lowest BCUT2D eigenvalue weighted by Crippen LogP contribution is -1.98. The van der Waals surface area contributed by atoms with Crippen LogP contribution in [0.4, 0.5) is 5.69 Å². The second-order valence-electron chi connectivity index (χ2n) is 11.1. The minimum absolute atomic E-state index is 0.566. The monoisotopic (exact) mass is 573 g/mol. The van der Waals surface area contributed by atoms with Gasteiger partial charge >= 0.3 is 0 Å². The van der Waals surface area contributed by atoms with Crippen LogP contribution >= 0.6 is 0 Å². The van der Waals surface area contributed by atoms with Gasteiger partial charge in [0.1, 0.15) is 5.58 Å². The van der Waals surface area contributed by atoms with Crippen LogP contribution in [0.2, 0.25) is 0 Å². The molecule has 0 unspecified atom stereocenters. The molecule has 0 spiro atoms. The van der Waals surface area contributed by atoms with Gasteiger partial charge in [0, 0.05) is 38.3 Å². The van der Waals surface area contributed by atoms with Gasteiger partial charge in [-0.1, -0.05) is 36.4 Å². The number of fused-ring (bicyclic) bond motifs is 10. The highest BCUT2D eigenvalue weighted by molar-refractivity contribution is 6.22. The highest BCUT2D eigenvalue weighted by Crippen LogP contribution is 2.42. The van der Waals surface area contributed by atoms with Crippen molar-refractivity contribution in [2.24, 2.45) is 0 Å². The van der Waals surface area contributed by atoms with E-state index in [1.54, 1.807) is 0 Å². The standard InChI is InChI=1S/C39H19N5O/c1-42-25-11-16-36-33(19-25)29-12-13-30-28-7-2-3-8-37(28)45-39(30)38(29)44(36)27-6-4-5-26(20-27)43-34-14-9-23(21-40)17-31(34)32-18-24(22-41)10-15-35(32)43/h2-20H. The molecule has 9 rings (SSSR count). The normalized spacial score (nSPS) is 11.5. The molecule has 0 amide bonds. The molecule has 3 aromatic heterocycles. The van der Waals surface area contributed by atoms with Crippen LogP contribution in [0.25, 0.3) is 81.8 Å². The minimum Gasteiger partial charge on any atom is -0.454 e. The van der Waals surface area contributed by atoms with Gasteiger partial charge in [0.2, 0.25) is 0 Å². The fraction of sp³-hybridized carbons (Fsp3) is 0. The molecule has 6 nitrogen and oxygen atoms in total. The molecule has 206 valence electrons.